The monoisotopic (exact) mass is 470 g/mol. The summed E-state index contributed by atoms with van der Waals surface area (Å²) in [5.41, 5.74) is -0.694. The van der Waals surface area contributed by atoms with Gasteiger partial charge in [0.1, 0.15) is 5.82 Å². The number of hydrogen-bond acceptors (Lipinski definition) is 6. The lowest BCUT2D eigenvalue weighted by Gasteiger charge is -2.14. The van der Waals surface area contributed by atoms with Crippen LogP contribution in [0.1, 0.15) is 11.3 Å². The number of thiazole rings is 1. The third-order valence-electron chi connectivity index (χ3n) is 4.22. The van der Waals surface area contributed by atoms with Crippen LogP contribution in [-0.2, 0) is 16.0 Å². The number of hydrogen-bond donors (Lipinski definition) is 1. The molecule has 0 unspecified atom stereocenters. The van der Waals surface area contributed by atoms with Gasteiger partial charge in [-0.2, -0.15) is 13.2 Å². The van der Waals surface area contributed by atoms with E-state index < -0.39 is 32.5 Å². The molecule has 0 atom stereocenters. The number of carbonyl (C=O) groups is 1. The van der Waals surface area contributed by atoms with Crippen molar-refractivity contribution in [3.05, 3.63) is 53.9 Å². The maximum atomic E-state index is 13.5. The minimum absolute atomic E-state index is 0.152. The second kappa shape index (κ2) is 8.27. The Hall–Kier alpha value is -2.99. The van der Waals surface area contributed by atoms with Crippen LogP contribution in [0.5, 0.6) is 0 Å². The van der Waals surface area contributed by atoms with Gasteiger partial charge in [0.15, 0.2) is 15.0 Å². The van der Waals surface area contributed by atoms with E-state index in [-0.39, 0.29) is 10.7 Å². The van der Waals surface area contributed by atoms with Crippen LogP contribution in [0.15, 0.2) is 47.5 Å². The van der Waals surface area contributed by atoms with Crippen molar-refractivity contribution in [3.63, 3.8) is 0 Å². The SMILES string of the molecule is Cc1nc(N(C)C(=O)Nc2ccccn2)sc1-c1ccc(S(C)(=O)=O)c(C(F)(F)F)c1. The number of urea groups is 1. The van der Waals surface area contributed by atoms with Crippen LogP contribution in [-0.4, -0.2) is 37.7 Å². The highest BCUT2D eigenvalue weighted by molar-refractivity contribution is 7.90. The topological polar surface area (TPSA) is 92.3 Å². The van der Waals surface area contributed by atoms with Crippen molar-refractivity contribution in [1.29, 1.82) is 0 Å². The first-order chi connectivity index (χ1) is 14.4. The molecule has 2 amide bonds. The quantitative estimate of drug-likeness (QED) is 0.602. The molecule has 1 aromatic carbocycles. The van der Waals surface area contributed by atoms with E-state index in [0.29, 0.717) is 16.4 Å². The predicted molar refractivity (Wildman–Crippen MR) is 112 cm³/mol. The van der Waals surface area contributed by atoms with Gasteiger partial charge in [-0.15, -0.1) is 0 Å². The molecule has 1 N–H and O–H groups in total. The number of aromatic nitrogens is 2. The molecule has 3 rings (SSSR count). The minimum atomic E-state index is -4.85. The summed E-state index contributed by atoms with van der Waals surface area (Å²) in [7, 11) is -2.61. The number of pyridine rings is 1. The lowest BCUT2D eigenvalue weighted by Crippen LogP contribution is -2.31. The molecular weight excluding hydrogens is 453 g/mol. The highest BCUT2D eigenvalue weighted by atomic mass is 32.2. The van der Waals surface area contributed by atoms with Gasteiger partial charge in [0, 0.05) is 19.5 Å². The second-order valence-electron chi connectivity index (χ2n) is 6.60. The average Bonchev–Trinajstić information content (AvgIpc) is 3.08. The van der Waals surface area contributed by atoms with Gasteiger partial charge in [-0.25, -0.2) is 23.2 Å². The Morgan fingerprint density at radius 3 is 2.48 bits per heavy atom. The maximum absolute atomic E-state index is 13.5. The van der Waals surface area contributed by atoms with Crippen LogP contribution in [0.3, 0.4) is 0 Å². The zero-order valence-electron chi connectivity index (χ0n) is 16.6. The Morgan fingerprint density at radius 1 is 1.19 bits per heavy atom. The molecule has 12 heteroatoms. The number of nitrogens with zero attached hydrogens (tertiary/aromatic N) is 3. The molecule has 0 radical (unpaired) electrons. The summed E-state index contributed by atoms with van der Waals surface area (Å²) < 4.78 is 64.0. The summed E-state index contributed by atoms with van der Waals surface area (Å²) in [5.74, 6) is 0.332. The lowest BCUT2D eigenvalue weighted by atomic mass is 10.1. The first-order valence-corrected chi connectivity index (χ1v) is 11.4. The molecule has 0 saturated heterocycles. The van der Waals surface area contributed by atoms with Crippen LogP contribution in [0.25, 0.3) is 10.4 Å². The van der Waals surface area contributed by atoms with E-state index in [9.17, 15) is 26.4 Å². The number of halogens is 3. The molecule has 2 aromatic heterocycles. The number of sulfone groups is 1. The van der Waals surface area contributed by atoms with Crippen LogP contribution < -0.4 is 10.2 Å². The fourth-order valence-corrected chi connectivity index (χ4v) is 4.64. The number of aryl methyl sites for hydroxylation is 1. The first kappa shape index (κ1) is 22.7. The summed E-state index contributed by atoms with van der Waals surface area (Å²) in [6.07, 6.45) is -2.61. The average molecular weight is 470 g/mol. The smallest absolute Gasteiger partial charge is 0.292 e. The fourth-order valence-electron chi connectivity index (χ4n) is 2.73. The number of alkyl halides is 3. The molecule has 2 heterocycles. The van der Waals surface area contributed by atoms with Crippen LogP contribution in [0.2, 0.25) is 0 Å². The zero-order valence-corrected chi connectivity index (χ0v) is 18.2. The Morgan fingerprint density at radius 2 is 1.90 bits per heavy atom. The van der Waals surface area contributed by atoms with Crippen LogP contribution in [0, 0.1) is 6.92 Å². The molecule has 164 valence electrons. The molecule has 0 spiro atoms. The minimum Gasteiger partial charge on any atom is -0.292 e. The maximum Gasteiger partial charge on any atom is 0.417 e. The Labute approximate surface area is 180 Å². The first-order valence-electron chi connectivity index (χ1n) is 8.73. The molecular formula is C19H17F3N4O3S2. The summed E-state index contributed by atoms with van der Waals surface area (Å²) in [4.78, 5) is 21.5. The van der Waals surface area contributed by atoms with E-state index in [1.807, 2.05) is 0 Å². The van der Waals surface area contributed by atoms with Gasteiger partial charge in [-0.3, -0.25) is 10.2 Å². The van der Waals surface area contributed by atoms with Gasteiger partial charge < -0.3 is 0 Å². The summed E-state index contributed by atoms with van der Waals surface area (Å²) >= 11 is 1.01. The van der Waals surface area contributed by atoms with Crippen molar-refractivity contribution < 1.29 is 26.4 Å². The number of carbonyl (C=O) groups excluding carboxylic acids is 1. The van der Waals surface area contributed by atoms with E-state index in [1.165, 1.54) is 24.2 Å². The highest BCUT2D eigenvalue weighted by Crippen LogP contribution is 2.40. The number of rotatable bonds is 4. The highest BCUT2D eigenvalue weighted by Gasteiger charge is 2.36. The third-order valence-corrected chi connectivity index (χ3v) is 6.66. The molecule has 0 aliphatic carbocycles. The van der Waals surface area contributed by atoms with Gasteiger partial charge in [-0.1, -0.05) is 23.5 Å². The van der Waals surface area contributed by atoms with Gasteiger partial charge in [0.25, 0.3) is 0 Å². The van der Waals surface area contributed by atoms with Crippen molar-refractivity contribution in [3.8, 4) is 10.4 Å². The number of anilines is 2. The van der Waals surface area contributed by atoms with Crippen molar-refractivity contribution in [2.45, 2.75) is 18.0 Å². The third kappa shape index (κ3) is 5.02. The Balaban J connectivity index is 1.96. The summed E-state index contributed by atoms with van der Waals surface area (Å²) in [6.45, 7) is 1.59. The predicted octanol–water partition coefficient (Wildman–Crippen LogP) is 4.60. The molecule has 0 aliphatic heterocycles. The van der Waals surface area contributed by atoms with E-state index in [1.54, 1.807) is 25.1 Å². The van der Waals surface area contributed by atoms with Crippen LogP contribution in [0.4, 0.5) is 28.9 Å². The number of amides is 2. The van der Waals surface area contributed by atoms with E-state index in [0.717, 1.165) is 29.7 Å². The number of benzene rings is 1. The van der Waals surface area contributed by atoms with Gasteiger partial charge >= 0.3 is 12.2 Å². The Kier molecular flexibility index (Phi) is 6.05. The molecule has 0 bridgehead atoms. The second-order valence-corrected chi connectivity index (χ2v) is 9.56. The Bertz CT molecular complexity index is 1230. The van der Waals surface area contributed by atoms with E-state index >= 15 is 0 Å². The fraction of sp³-hybridized carbons (Fsp3) is 0.211. The lowest BCUT2D eigenvalue weighted by molar-refractivity contribution is -0.139. The van der Waals surface area contributed by atoms with Gasteiger partial charge in [-0.05, 0) is 36.8 Å². The molecule has 0 saturated carbocycles. The number of nitrogens with one attached hydrogen (secondary N) is 1. The van der Waals surface area contributed by atoms with Crippen molar-refractivity contribution in [2.75, 3.05) is 23.5 Å². The summed E-state index contributed by atoms with van der Waals surface area (Å²) in [5, 5.41) is 2.84. The largest absolute Gasteiger partial charge is 0.417 e. The molecule has 31 heavy (non-hydrogen) atoms. The van der Waals surface area contributed by atoms with Gasteiger partial charge in [0.2, 0.25) is 0 Å². The normalized spacial score (nSPS) is 11.9. The van der Waals surface area contributed by atoms with Crippen LogP contribution >= 0.6 is 11.3 Å². The summed E-state index contributed by atoms with van der Waals surface area (Å²) in [6, 6.07) is 7.49. The standard InChI is InChI=1S/C19H17F3N4O3S2/c1-11-16(12-7-8-14(31(3,28)29)13(10-12)19(20,21)22)30-18(24-11)26(2)17(27)25-15-6-4-5-9-23-15/h4-10H,1-3H3,(H,23,25,27). The molecule has 0 fully saturated rings. The van der Waals surface area contributed by atoms with E-state index in [4.69, 9.17) is 0 Å². The molecule has 0 aliphatic rings. The zero-order chi connectivity index (χ0) is 23.0. The van der Waals surface area contributed by atoms with Crippen molar-refractivity contribution in [2.24, 2.45) is 0 Å². The van der Waals surface area contributed by atoms with Gasteiger partial charge in [0.05, 0.1) is 21.0 Å². The van der Waals surface area contributed by atoms with Crippen molar-refractivity contribution in [1.82, 2.24) is 9.97 Å². The molecule has 3 aromatic rings. The van der Waals surface area contributed by atoms with E-state index in [2.05, 4.69) is 15.3 Å². The molecule has 7 nitrogen and oxygen atoms in total. The van der Waals surface area contributed by atoms with Crippen molar-refractivity contribution >= 4 is 38.2 Å².